The summed E-state index contributed by atoms with van der Waals surface area (Å²) in [5.74, 6) is 3.07. The zero-order chi connectivity index (χ0) is 24.5. The van der Waals surface area contributed by atoms with Gasteiger partial charge in [-0.05, 0) is 97.8 Å². The van der Waals surface area contributed by atoms with Crippen LogP contribution in [0.3, 0.4) is 0 Å². The number of ether oxygens (including phenoxy) is 1. The number of methoxy groups -OCH3 is 1. The van der Waals surface area contributed by atoms with E-state index in [4.69, 9.17) is 4.74 Å². The molecule has 0 spiro atoms. The van der Waals surface area contributed by atoms with Crippen LogP contribution in [-0.4, -0.2) is 13.7 Å². The fourth-order valence-electron chi connectivity index (χ4n) is 6.64. The van der Waals surface area contributed by atoms with Gasteiger partial charge in [0.05, 0.1) is 0 Å². The van der Waals surface area contributed by atoms with E-state index in [0.29, 0.717) is 5.92 Å². The predicted molar refractivity (Wildman–Crippen MR) is 146 cm³/mol. The van der Waals surface area contributed by atoms with Crippen LogP contribution in [-0.2, 0) is 11.2 Å². The lowest BCUT2D eigenvalue weighted by molar-refractivity contribution is 0.117. The van der Waals surface area contributed by atoms with Gasteiger partial charge in [0, 0.05) is 19.3 Å². The van der Waals surface area contributed by atoms with Gasteiger partial charge in [0.1, 0.15) is 5.82 Å². The van der Waals surface area contributed by atoms with Gasteiger partial charge in [-0.3, -0.25) is 0 Å². The molecule has 0 amide bonds. The molecule has 0 saturated heterocycles. The summed E-state index contributed by atoms with van der Waals surface area (Å²) in [5, 5.41) is 0. The van der Waals surface area contributed by atoms with E-state index in [-0.39, 0.29) is 5.82 Å². The highest BCUT2D eigenvalue weighted by Crippen LogP contribution is 2.38. The summed E-state index contributed by atoms with van der Waals surface area (Å²) in [4.78, 5) is 0. The quantitative estimate of drug-likeness (QED) is 0.292. The SMILES string of the molecule is CCCCCC1CCC(c2ccc(-c3ccc(CCC4CCC(COC)CC4)cc3F)cc2)CC1. The van der Waals surface area contributed by atoms with Gasteiger partial charge in [-0.15, -0.1) is 0 Å². The van der Waals surface area contributed by atoms with Gasteiger partial charge in [0.25, 0.3) is 0 Å². The van der Waals surface area contributed by atoms with Gasteiger partial charge < -0.3 is 4.74 Å². The first-order valence-corrected chi connectivity index (χ1v) is 14.5. The third-order valence-corrected chi connectivity index (χ3v) is 9.00. The maximum Gasteiger partial charge on any atom is 0.131 e. The van der Waals surface area contributed by atoms with Crippen LogP contribution in [0.25, 0.3) is 11.1 Å². The van der Waals surface area contributed by atoms with Crippen molar-refractivity contribution in [2.24, 2.45) is 17.8 Å². The standard InChI is InChI=1S/C33H47FO/c1-3-4-5-6-25-13-16-29(17-14-25)30-18-20-31(21-19-30)32-22-15-27(23-33(32)34)10-7-26-8-11-28(12-9-26)24-35-2/h15,18-23,25-26,28-29H,3-14,16-17,24H2,1-2H3. The molecule has 0 unspecified atom stereocenters. The normalized spacial score (nSPS) is 25.0. The molecule has 0 aromatic heterocycles. The number of unbranched alkanes of at least 4 members (excludes halogenated alkanes) is 2. The summed E-state index contributed by atoms with van der Waals surface area (Å²) in [6.45, 7) is 3.19. The lowest BCUT2D eigenvalue weighted by Gasteiger charge is -2.29. The Kier molecular flexibility index (Phi) is 10.2. The monoisotopic (exact) mass is 478 g/mol. The first-order valence-electron chi connectivity index (χ1n) is 14.5. The Morgan fingerprint density at radius 3 is 2.09 bits per heavy atom. The third-order valence-electron chi connectivity index (χ3n) is 9.00. The van der Waals surface area contributed by atoms with Crippen LogP contribution in [0, 0.1) is 23.6 Å². The largest absolute Gasteiger partial charge is 0.384 e. The summed E-state index contributed by atoms with van der Waals surface area (Å²) < 4.78 is 20.4. The van der Waals surface area contributed by atoms with Gasteiger partial charge in [0.15, 0.2) is 0 Å². The van der Waals surface area contributed by atoms with Gasteiger partial charge in [-0.1, -0.05) is 81.8 Å². The van der Waals surface area contributed by atoms with E-state index in [9.17, 15) is 0 Å². The van der Waals surface area contributed by atoms with Crippen LogP contribution in [0.2, 0.25) is 0 Å². The van der Waals surface area contributed by atoms with Gasteiger partial charge >= 0.3 is 0 Å². The molecule has 0 bridgehead atoms. The predicted octanol–water partition coefficient (Wildman–Crippen LogP) is 9.73. The molecule has 0 radical (unpaired) electrons. The van der Waals surface area contributed by atoms with Crippen molar-refractivity contribution < 1.29 is 9.13 Å². The van der Waals surface area contributed by atoms with Crippen LogP contribution in [0.5, 0.6) is 0 Å². The molecule has 0 N–H and O–H groups in total. The van der Waals surface area contributed by atoms with Crippen molar-refractivity contribution in [2.45, 2.75) is 103 Å². The number of hydrogen-bond donors (Lipinski definition) is 0. The van der Waals surface area contributed by atoms with Crippen LogP contribution < -0.4 is 0 Å². The van der Waals surface area contributed by atoms with Crippen LogP contribution in [0.15, 0.2) is 42.5 Å². The summed E-state index contributed by atoms with van der Waals surface area (Å²) in [5.41, 5.74) is 4.32. The summed E-state index contributed by atoms with van der Waals surface area (Å²) >= 11 is 0. The third kappa shape index (κ3) is 7.66. The number of benzene rings is 2. The molecule has 2 aliphatic rings. The Balaban J connectivity index is 1.26. The van der Waals surface area contributed by atoms with Crippen molar-refractivity contribution in [3.05, 3.63) is 59.4 Å². The number of rotatable bonds is 11. The summed E-state index contributed by atoms with van der Waals surface area (Å²) in [6, 6.07) is 14.7. The van der Waals surface area contributed by atoms with E-state index in [1.807, 2.05) is 6.07 Å². The van der Waals surface area contributed by atoms with Crippen molar-refractivity contribution in [3.63, 3.8) is 0 Å². The van der Waals surface area contributed by atoms with Crippen molar-refractivity contribution in [3.8, 4) is 11.1 Å². The zero-order valence-electron chi connectivity index (χ0n) is 22.2. The average molecular weight is 479 g/mol. The maximum atomic E-state index is 15.0. The smallest absolute Gasteiger partial charge is 0.131 e. The Hall–Kier alpha value is -1.67. The average Bonchev–Trinajstić information content (AvgIpc) is 2.89. The van der Waals surface area contributed by atoms with Crippen molar-refractivity contribution in [1.82, 2.24) is 0 Å². The van der Waals surface area contributed by atoms with Crippen LogP contribution in [0.4, 0.5) is 4.39 Å². The second kappa shape index (κ2) is 13.6. The molecule has 0 atom stereocenters. The van der Waals surface area contributed by atoms with E-state index in [1.54, 1.807) is 13.2 Å². The molecular formula is C33H47FO. The first kappa shape index (κ1) is 26.4. The molecule has 2 fully saturated rings. The fraction of sp³-hybridized carbons (Fsp3) is 0.636. The molecule has 4 rings (SSSR count). The van der Waals surface area contributed by atoms with E-state index in [0.717, 1.165) is 47.5 Å². The maximum absolute atomic E-state index is 15.0. The Morgan fingerprint density at radius 2 is 1.43 bits per heavy atom. The van der Waals surface area contributed by atoms with Crippen molar-refractivity contribution in [1.29, 1.82) is 0 Å². The first-order chi connectivity index (χ1) is 17.2. The number of aryl methyl sites for hydroxylation is 1. The molecule has 2 heteroatoms. The van der Waals surface area contributed by atoms with E-state index < -0.39 is 0 Å². The van der Waals surface area contributed by atoms with Crippen molar-refractivity contribution >= 4 is 0 Å². The topological polar surface area (TPSA) is 9.23 Å². The lowest BCUT2D eigenvalue weighted by atomic mass is 9.77. The molecule has 35 heavy (non-hydrogen) atoms. The number of halogens is 1. The molecule has 0 heterocycles. The molecule has 192 valence electrons. The minimum atomic E-state index is -0.0772. The minimum Gasteiger partial charge on any atom is -0.384 e. The molecule has 1 nitrogen and oxygen atoms in total. The Labute approximate surface area is 213 Å². The van der Waals surface area contributed by atoms with E-state index in [2.05, 4.69) is 37.3 Å². The molecule has 2 aromatic rings. The molecule has 0 aliphatic heterocycles. The lowest BCUT2D eigenvalue weighted by Crippen LogP contribution is -2.18. The van der Waals surface area contributed by atoms with Crippen LogP contribution in [0.1, 0.15) is 107 Å². The zero-order valence-corrected chi connectivity index (χ0v) is 22.2. The molecular weight excluding hydrogens is 431 g/mol. The number of hydrogen-bond acceptors (Lipinski definition) is 1. The Morgan fingerprint density at radius 1 is 0.771 bits per heavy atom. The van der Waals surface area contributed by atoms with Gasteiger partial charge in [0.2, 0.25) is 0 Å². The molecule has 2 aliphatic carbocycles. The Bertz CT molecular complexity index is 872. The van der Waals surface area contributed by atoms with Crippen LogP contribution >= 0.6 is 0 Å². The second-order valence-corrected chi connectivity index (χ2v) is 11.5. The van der Waals surface area contributed by atoms with E-state index in [1.165, 1.54) is 89.0 Å². The summed E-state index contributed by atoms with van der Waals surface area (Å²) in [6.07, 6.45) is 18.2. The fourth-order valence-corrected chi connectivity index (χ4v) is 6.64. The van der Waals surface area contributed by atoms with Crippen molar-refractivity contribution in [2.75, 3.05) is 13.7 Å². The second-order valence-electron chi connectivity index (χ2n) is 11.5. The van der Waals surface area contributed by atoms with E-state index >= 15 is 4.39 Å². The molecule has 2 aromatic carbocycles. The highest BCUT2D eigenvalue weighted by atomic mass is 19.1. The summed E-state index contributed by atoms with van der Waals surface area (Å²) in [7, 11) is 1.81. The van der Waals surface area contributed by atoms with Gasteiger partial charge in [-0.25, -0.2) is 4.39 Å². The molecule has 2 saturated carbocycles. The van der Waals surface area contributed by atoms with Gasteiger partial charge in [-0.2, -0.15) is 0 Å². The highest BCUT2D eigenvalue weighted by Gasteiger charge is 2.23. The minimum absolute atomic E-state index is 0.0772. The highest BCUT2D eigenvalue weighted by molar-refractivity contribution is 5.65.